The third-order valence-electron chi connectivity index (χ3n) is 3.64. The molecule has 0 heterocycles. The highest BCUT2D eigenvalue weighted by Gasteiger charge is 2.03. The molecule has 0 aliphatic rings. The van der Waals surface area contributed by atoms with Gasteiger partial charge in [0.1, 0.15) is 0 Å². The summed E-state index contributed by atoms with van der Waals surface area (Å²) in [5, 5.41) is 10.0. The Morgan fingerprint density at radius 1 is 1.11 bits per heavy atom. The average Bonchev–Trinajstić information content (AvgIpc) is 2.47. The topological polar surface area (TPSA) is 20.2 Å². The normalized spacial score (nSPS) is 14.5. The van der Waals surface area contributed by atoms with E-state index in [9.17, 15) is 5.11 Å². The van der Waals surface area contributed by atoms with Crippen LogP contribution in [0.2, 0.25) is 0 Å². The Kier molecular flexibility index (Phi) is 7.20. The van der Waals surface area contributed by atoms with Crippen molar-refractivity contribution in [2.45, 2.75) is 52.6 Å². The average molecular weight is 258 g/mol. The summed E-state index contributed by atoms with van der Waals surface area (Å²) in [5.74, 6) is 0. The van der Waals surface area contributed by atoms with E-state index in [0.29, 0.717) is 6.42 Å². The highest BCUT2D eigenvalue weighted by atomic mass is 16.3. The van der Waals surface area contributed by atoms with E-state index in [1.54, 1.807) is 0 Å². The predicted molar refractivity (Wildman–Crippen MR) is 83.1 cm³/mol. The molecule has 1 aromatic rings. The van der Waals surface area contributed by atoms with Crippen LogP contribution in [0.4, 0.5) is 0 Å². The van der Waals surface area contributed by atoms with Crippen molar-refractivity contribution in [3.63, 3.8) is 0 Å². The van der Waals surface area contributed by atoms with Crippen LogP contribution >= 0.6 is 0 Å². The van der Waals surface area contributed by atoms with Crippen LogP contribution in [0.25, 0.3) is 0 Å². The van der Waals surface area contributed by atoms with E-state index in [0.717, 1.165) is 24.8 Å². The van der Waals surface area contributed by atoms with E-state index in [4.69, 9.17) is 0 Å². The SMILES string of the molecule is CC/C(C)=C(/CC)C/C=C/CC(O)c1ccccc1. The first-order chi connectivity index (χ1) is 9.19. The van der Waals surface area contributed by atoms with Crippen LogP contribution in [0, 0.1) is 0 Å². The summed E-state index contributed by atoms with van der Waals surface area (Å²) >= 11 is 0. The lowest BCUT2D eigenvalue weighted by atomic mass is 10.0. The molecule has 1 N–H and O–H groups in total. The van der Waals surface area contributed by atoms with Gasteiger partial charge in [-0.3, -0.25) is 0 Å². The zero-order valence-electron chi connectivity index (χ0n) is 12.4. The minimum absolute atomic E-state index is 0.390. The third kappa shape index (κ3) is 5.44. The van der Waals surface area contributed by atoms with E-state index in [1.807, 2.05) is 30.3 Å². The van der Waals surface area contributed by atoms with Crippen LogP contribution in [0.5, 0.6) is 0 Å². The van der Waals surface area contributed by atoms with Crippen molar-refractivity contribution in [2.24, 2.45) is 0 Å². The van der Waals surface area contributed by atoms with Gasteiger partial charge >= 0.3 is 0 Å². The summed E-state index contributed by atoms with van der Waals surface area (Å²) in [4.78, 5) is 0. The molecule has 1 atom stereocenters. The van der Waals surface area contributed by atoms with Gasteiger partial charge in [0.15, 0.2) is 0 Å². The van der Waals surface area contributed by atoms with Gasteiger partial charge in [0.25, 0.3) is 0 Å². The van der Waals surface area contributed by atoms with Crippen molar-refractivity contribution in [3.8, 4) is 0 Å². The highest BCUT2D eigenvalue weighted by molar-refractivity contribution is 5.19. The molecule has 0 radical (unpaired) electrons. The molecule has 104 valence electrons. The fraction of sp³-hybridized carbons (Fsp3) is 0.444. The Labute approximate surface area is 117 Å². The second-order valence-electron chi connectivity index (χ2n) is 4.93. The Bertz CT molecular complexity index is 415. The molecule has 1 rings (SSSR count). The number of aliphatic hydroxyl groups excluding tert-OH is 1. The molecular formula is C18H26O. The molecule has 0 amide bonds. The van der Waals surface area contributed by atoms with E-state index < -0.39 is 6.10 Å². The number of benzene rings is 1. The van der Waals surface area contributed by atoms with Gasteiger partial charge in [0, 0.05) is 0 Å². The lowest BCUT2D eigenvalue weighted by Gasteiger charge is -2.08. The Morgan fingerprint density at radius 2 is 1.79 bits per heavy atom. The highest BCUT2D eigenvalue weighted by Crippen LogP contribution is 2.19. The lowest BCUT2D eigenvalue weighted by molar-refractivity contribution is 0.181. The number of allylic oxidation sites excluding steroid dienone is 3. The molecule has 1 unspecified atom stereocenters. The van der Waals surface area contributed by atoms with E-state index in [2.05, 4.69) is 32.9 Å². The quantitative estimate of drug-likeness (QED) is 0.667. The summed E-state index contributed by atoms with van der Waals surface area (Å²) in [6, 6.07) is 9.84. The standard InChI is InChI=1S/C18H26O/c1-4-15(3)16(5-2)11-9-10-14-18(19)17-12-7-6-8-13-17/h6-10,12-13,18-19H,4-5,11,14H2,1-3H3/b10-9+,16-15-. The minimum atomic E-state index is -0.390. The first kappa shape index (κ1) is 15.7. The van der Waals surface area contributed by atoms with Gasteiger partial charge in [-0.25, -0.2) is 0 Å². The van der Waals surface area contributed by atoms with Crippen molar-refractivity contribution in [1.29, 1.82) is 0 Å². The number of rotatable bonds is 7. The molecule has 0 aromatic heterocycles. The summed E-state index contributed by atoms with van der Waals surface area (Å²) in [5.41, 5.74) is 4.01. The summed E-state index contributed by atoms with van der Waals surface area (Å²) in [7, 11) is 0. The molecule has 1 aromatic carbocycles. The fourth-order valence-electron chi connectivity index (χ4n) is 2.13. The van der Waals surface area contributed by atoms with Gasteiger partial charge < -0.3 is 5.11 Å². The largest absolute Gasteiger partial charge is 0.388 e. The first-order valence-corrected chi connectivity index (χ1v) is 7.24. The van der Waals surface area contributed by atoms with Gasteiger partial charge in [-0.1, -0.05) is 67.5 Å². The van der Waals surface area contributed by atoms with Crippen molar-refractivity contribution in [3.05, 3.63) is 59.2 Å². The van der Waals surface area contributed by atoms with Gasteiger partial charge in [0.2, 0.25) is 0 Å². The molecule has 0 aliphatic heterocycles. The van der Waals surface area contributed by atoms with Crippen LogP contribution in [0.1, 0.15) is 58.1 Å². The molecule has 1 heteroatoms. The second-order valence-corrected chi connectivity index (χ2v) is 4.93. The van der Waals surface area contributed by atoms with Crippen molar-refractivity contribution in [1.82, 2.24) is 0 Å². The zero-order chi connectivity index (χ0) is 14.1. The Hall–Kier alpha value is -1.34. The molecule has 19 heavy (non-hydrogen) atoms. The molecule has 1 nitrogen and oxygen atoms in total. The molecular weight excluding hydrogens is 232 g/mol. The number of aliphatic hydroxyl groups is 1. The smallest absolute Gasteiger partial charge is 0.0824 e. The molecule has 0 fully saturated rings. The maximum absolute atomic E-state index is 10.0. The fourth-order valence-corrected chi connectivity index (χ4v) is 2.13. The maximum Gasteiger partial charge on any atom is 0.0824 e. The Balaban J connectivity index is 2.47. The summed E-state index contributed by atoms with van der Waals surface area (Å²) < 4.78 is 0. The van der Waals surface area contributed by atoms with Gasteiger partial charge in [-0.05, 0) is 38.2 Å². The van der Waals surface area contributed by atoms with E-state index in [-0.39, 0.29) is 0 Å². The van der Waals surface area contributed by atoms with Crippen LogP contribution in [0.3, 0.4) is 0 Å². The van der Waals surface area contributed by atoms with Gasteiger partial charge in [-0.2, -0.15) is 0 Å². The van der Waals surface area contributed by atoms with Gasteiger partial charge in [0.05, 0.1) is 6.10 Å². The maximum atomic E-state index is 10.0. The molecule has 0 spiro atoms. The van der Waals surface area contributed by atoms with E-state index in [1.165, 1.54) is 11.1 Å². The number of hydrogen-bond donors (Lipinski definition) is 1. The van der Waals surface area contributed by atoms with Crippen LogP contribution in [0.15, 0.2) is 53.6 Å². The first-order valence-electron chi connectivity index (χ1n) is 7.24. The summed E-state index contributed by atoms with van der Waals surface area (Å²) in [6.45, 7) is 6.63. The zero-order valence-corrected chi connectivity index (χ0v) is 12.4. The summed E-state index contributed by atoms with van der Waals surface area (Å²) in [6.07, 6.45) is 7.83. The molecule has 0 saturated heterocycles. The molecule has 0 aliphatic carbocycles. The van der Waals surface area contributed by atoms with Crippen molar-refractivity contribution in [2.75, 3.05) is 0 Å². The minimum Gasteiger partial charge on any atom is -0.388 e. The van der Waals surface area contributed by atoms with Gasteiger partial charge in [-0.15, -0.1) is 0 Å². The third-order valence-corrected chi connectivity index (χ3v) is 3.64. The van der Waals surface area contributed by atoms with Crippen molar-refractivity contribution >= 4 is 0 Å². The van der Waals surface area contributed by atoms with Crippen LogP contribution < -0.4 is 0 Å². The van der Waals surface area contributed by atoms with E-state index >= 15 is 0 Å². The predicted octanol–water partition coefficient (Wildman–Crippen LogP) is 5.19. The van der Waals surface area contributed by atoms with Crippen LogP contribution in [-0.2, 0) is 0 Å². The van der Waals surface area contributed by atoms with Crippen molar-refractivity contribution < 1.29 is 5.11 Å². The monoisotopic (exact) mass is 258 g/mol. The molecule has 0 saturated carbocycles. The number of hydrogen-bond acceptors (Lipinski definition) is 1. The second kappa shape index (κ2) is 8.71. The lowest BCUT2D eigenvalue weighted by Crippen LogP contribution is -1.94. The van der Waals surface area contributed by atoms with Crippen LogP contribution in [-0.4, -0.2) is 5.11 Å². The Morgan fingerprint density at radius 3 is 2.37 bits per heavy atom. The molecule has 0 bridgehead atoms.